The molecule has 1 aliphatic heterocycles. The first-order valence-corrected chi connectivity index (χ1v) is 7.06. The Kier molecular flexibility index (Phi) is 4.45. The van der Waals surface area contributed by atoms with Gasteiger partial charge in [0.05, 0.1) is 13.2 Å². The highest BCUT2D eigenvalue weighted by Gasteiger charge is 2.40. The molecule has 0 amide bonds. The third-order valence-corrected chi connectivity index (χ3v) is 4.46. The van der Waals surface area contributed by atoms with E-state index in [1.807, 2.05) is 0 Å². The summed E-state index contributed by atoms with van der Waals surface area (Å²) < 4.78 is 11.3. The Morgan fingerprint density at radius 2 is 2.00 bits per heavy atom. The molecule has 0 aromatic carbocycles. The summed E-state index contributed by atoms with van der Waals surface area (Å²) in [6.07, 6.45) is 5.99. The van der Waals surface area contributed by atoms with Crippen molar-refractivity contribution < 1.29 is 9.47 Å². The maximum atomic E-state index is 6.04. The van der Waals surface area contributed by atoms with Crippen molar-refractivity contribution in [3.05, 3.63) is 0 Å². The first-order valence-electron chi connectivity index (χ1n) is 7.06. The second-order valence-corrected chi connectivity index (χ2v) is 6.01. The Bertz CT molecular complexity index is 232. The Labute approximate surface area is 105 Å². The van der Waals surface area contributed by atoms with Gasteiger partial charge in [-0.15, -0.1) is 0 Å². The predicted octanol–water partition coefficient (Wildman–Crippen LogP) is 2.55. The van der Waals surface area contributed by atoms with E-state index in [-0.39, 0.29) is 5.72 Å². The van der Waals surface area contributed by atoms with Crippen molar-refractivity contribution in [1.29, 1.82) is 0 Å². The fraction of sp³-hybridized carbons (Fsp3) is 1.00. The summed E-state index contributed by atoms with van der Waals surface area (Å²) in [5.41, 5.74) is -0.0349. The lowest BCUT2D eigenvalue weighted by molar-refractivity contribution is -0.143. The van der Waals surface area contributed by atoms with E-state index in [0.29, 0.717) is 6.04 Å². The molecule has 1 N–H and O–H groups in total. The minimum absolute atomic E-state index is 0.0349. The van der Waals surface area contributed by atoms with Gasteiger partial charge in [0.15, 0.2) is 0 Å². The smallest absolute Gasteiger partial charge is 0.119 e. The average Bonchev–Trinajstić information content (AvgIpc) is 2.30. The molecule has 0 radical (unpaired) electrons. The summed E-state index contributed by atoms with van der Waals surface area (Å²) in [5, 5.41) is 3.68. The third kappa shape index (κ3) is 3.21. The van der Waals surface area contributed by atoms with Crippen LogP contribution in [0, 0.1) is 11.8 Å². The molecule has 1 atom stereocenters. The summed E-state index contributed by atoms with van der Waals surface area (Å²) in [6, 6.07) is 0.476. The molecule has 0 bridgehead atoms. The standard InChI is InChI=1S/C14H27NO2/c1-11(2)12-4-7-14(8-5-12)15-13(10-16-3)6-9-17-14/h11-13,15H,4-10H2,1-3H3. The molecule has 1 aliphatic carbocycles. The van der Waals surface area contributed by atoms with Crippen molar-refractivity contribution in [1.82, 2.24) is 5.32 Å². The highest BCUT2D eigenvalue weighted by molar-refractivity contribution is 4.91. The van der Waals surface area contributed by atoms with Gasteiger partial charge >= 0.3 is 0 Å². The van der Waals surface area contributed by atoms with Gasteiger partial charge < -0.3 is 9.47 Å². The van der Waals surface area contributed by atoms with Crippen LogP contribution in [-0.4, -0.2) is 32.1 Å². The number of hydrogen-bond donors (Lipinski definition) is 1. The molecule has 2 rings (SSSR count). The van der Waals surface area contributed by atoms with E-state index >= 15 is 0 Å². The van der Waals surface area contributed by atoms with Crippen LogP contribution in [0.1, 0.15) is 46.0 Å². The summed E-state index contributed by atoms with van der Waals surface area (Å²) in [4.78, 5) is 0. The Hall–Kier alpha value is -0.120. The van der Waals surface area contributed by atoms with Gasteiger partial charge in [-0.05, 0) is 43.9 Å². The number of rotatable bonds is 3. The van der Waals surface area contributed by atoms with Crippen molar-refractivity contribution in [2.45, 2.75) is 57.7 Å². The maximum absolute atomic E-state index is 6.04. The molecule has 2 fully saturated rings. The molecule has 3 heteroatoms. The molecule has 100 valence electrons. The van der Waals surface area contributed by atoms with Crippen LogP contribution >= 0.6 is 0 Å². The minimum Gasteiger partial charge on any atom is -0.383 e. The molecule has 17 heavy (non-hydrogen) atoms. The van der Waals surface area contributed by atoms with Crippen LogP contribution in [0.2, 0.25) is 0 Å². The van der Waals surface area contributed by atoms with Gasteiger partial charge in [0.1, 0.15) is 5.72 Å². The monoisotopic (exact) mass is 241 g/mol. The molecule has 1 saturated heterocycles. The summed E-state index contributed by atoms with van der Waals surface area (Å²) in [5.74, 6) is 1.69. The zero-order chi connectivity index (χ0) is 12.3. The lowest BCUT2D eigenvalue weighted by Gasteiger charge is -2.46. The number of methoxy groups -OCH3 is 1. The SMILES string of the molecule is COCC1CCOC2(CCC(C(C)C)CC2)N1. The lowest BCUT2D eigenvalue weighted by atomic mass is 9.77. The normalized spacial score (nSPS) is 38.8. The van der Waals surface area contributed by atoms with Crippen molar-refractivity contribution >= 4 is 0 Å². The van der Waals surface area contributed by atoms with E-state index in [1.165, 1.54) is 12.8 Å². The molecule has 1 heterocycles. The van der Waals surface area contributed by atoms with Crippen LogP contribution in [0.5, 0.6) is 0 Å². The predicted molar refractivity (Wildman–Crippen MR) is 68.9 cm³/mol. The van der Waals surface area contributed by atoms with Gasteiger partial charge in [-0.1, -0.05) is 13.8 Å². The Morgan fingerprint density at radius 3 is 2.59 bits per heavy atom. The first kappa shape index (κ1) is 13.3. The molecular weight excluding hydrogens is 214 g/mol. The van der Waals surface area contributed by atoms with Crippen molar-refractivity contribution in [3.8, 4) is 0 Å². The van der Waals surface area contributed by atoms with Crippen LogP contribution in [-0.2, 0) is 9.47 Å². The van der Waals surface area contributed by atoms with E-state index < -0.39 is 0 Å². The highest BCUT2D eigenvalue weighted by atomic mass is 16.5. The molecule has 1 spiro atoms. The van der Waals surface area contributed by atoms with Crippen LogP contribution in [0.15, 0.2) is 0 Å². The number of ether oxygens (including phenoxy) is 2. The second kappa shape index (κ2) is 5.68. The number of hydrogen-bond acceptors (Lipinski definition) is 3. The van der Waals surface area contributed by atoms with Gasteiger partial charge in [0.25, 0.3) is 0 Å². The average molecular weight is 241 g/mol. The number of nitrogens with one attached hydrogen (secondary N) is 1. The second-order valence-electron chi connectivity index (χ2n) is 6.01. The fourth-order valence-corrected chi connectivity index (χ4v) is 3.27. The lowest BCUT2D eigenvalue weighted by Crippen LogP contribution is -2.59. The van der Waals surface area contributed by atoms with Crippen LogP contribution in [0.3, 0.4) is 0 Å². The van der Waals surface area contributed by atoms with Gasteiger partial charge in [-0.2, -0.15) is 0 Å². The first-order chi connectivity index (χ1) is 8.15. The van der Waals surface area contributed by atoms with Crippen molar-refractivity contribution in [3.63, 3.8) is 0 Å². The quantitative estimate of drug-likeness (QED) is 0.823. The van der Waals surface area contributed by atoms with Gasteiger partial charge in [0.2, 0.25) is 0 Å². The molecule has 1 unspecified atom stereocenters. The van der Waals surface area contributed by atoms with E-state index in [0.717, 1.165) is 44.3 Å². The van der Waals surface area contributed by atoms with Crippen molar-refractivity contribution in [2.75, 3.05) is 20.3 Å². The molecule has 0 aromatic rings. The largest absolute Gasteiger partial charge is 0.383 e. The zero-order valence-electron chi connectivity index (χ0n) is 11.5. The van der Waals surface area contributed by atoms with E-state index in [2.05, 4.69) is 19.2 Å². The molecular formula is C14H27NO2. The topological polar surface area (TPSA) is 30.5 Å². The fourth-order valence-electron chi connectivity index (χ4n) is 3.27. The van der Waals surface area contributed by atoms with Gasteiger partial charge in [0, 0.05) is 13.2 Å². The zero-order valence-corrected chi connectivity index (χ0v) is 11.5. The Balaban J connectivity index is 1.88. The summed E-state index contributed by atoms with van der Waals surface area (Å²) in [7, 11) is 1.78. The third-order valence-electron chi connectivity index (χ3n) is 4.46. The molecule has 2 aliphatic rings. The highest BCUT2D eigenvalue weighted by Crippen LogP contribution is 2.38. The van der Waals surface area contributed by atoms with E-state index in [1.54, 1.807) is 7.11 Å². The minimum atomic E-state index is -0.0349. The van der Waals surface area contributed by atoms with Crippen molar-refractivity contribution in [2.24, 2.45) is 11.8 Å². The van der Waals surface area contributed by atoms with Crippen LogP contribution < -0.4 is 5.32 Å². The van der Waals surface area contributed by atoms with E-state index in [9.17, 15) is 0 Å². The maximum Gasteiger partial charge on any atom is 0.119 e. The van der Waals surface area contributed by atoms with Crippen LogP contribution in [0.4, 0.5) is 0 Å². The van der Waals surface area contributed by atoms with Gasteiger partial charge in [-0.25, -0.2) is 0 Å². The molecule has 1 saturated carbocycles. The molecule has 3 nitrogen and oxygen atoms in total. The Morgan fingerprint density at radius 1 is 1.29 bits per heavy atom. The van der Waals surface area contributed by atoms with Crippen LogP contribution in [0.25, 0.3) is 0 Å². The molecule has 0 aromatic heterocycles. The summed E-state index contributed by atoms with van der Waals surface area (Å²) in [6.45, 7) is 6.36. The summed E-state index contributed by atoms with van der Waals surface area (Å²) >= 11 is 0. The van der Waals surface area contributed by atoms with E-state index in [4.69, 9.17) is 9.47 Å². The van der Waals surface area contributed by atoms with Gasteiger partial charge in [-0.3, -0.25) is 5.32 Å².